The minimum atomic E-state index is -0.331. The maximum absolute atomic E-state index is 12.8. The summed E-state index contributed by atoms with van der Waals surface area (Å²) in [6, 6.07) is 7.07. The van der Waals surface area contributed by atoms with Crippen LogP contribution in [0, 0.1) is 0 Å². The third-order valence-corrected chi connectivity index (χ3v) is 6.12. The van der Waals surface area contributed by atoms with E-state index in [1.807, 2.05) is 6.07 Å². The van der Waals surface area contributed by atoms with Crippen LogP contribution in [0.25, 0.3) is 10.2 Å². The first-order valence-corrected chi connectivity index (χ1v) is 9.78. The highest BCUT2D eigenvalue weighted by molar-refractivity contribution is 7.21. The SMILES string of the molecule is O=C(NC1CCCC1)c1sc2nccc3c2c1NC(=O)N3c1ccccn1. The Morgan fingerprint density at radius 2 is 2.04 bits per heavy atom. The van der Waals surface area contributed by atoms with Crippen LogP contribution in [-0.4, -0.2) is 27.9 Å². The van der Waals surface area contributed by atoms with Crippen LogP contribution in [0.5, 0.6) is 0 Å². The smallest absolute Gasteiger partial charge is 0.332 e. The molecule has 27 heavy (non-hydrogen) atoms. The molecule has 2 aliphatic rings. The lowest BCUT2D eigenvalue weighted by Crippen LogP contribution is -2.36. The van der Waals surface area contributed by atoms with E-state index in [2.05, 4.69) is 20.6 Å². The molecule has 3 aromatic heterocycles. The molecule has 0 saturated heterocycles. The van der Waals surface area contributed by atoms with Gasteiger partial charge in [-0.05, 0) is 31.0 Å². The van der Waals surface area contributed by atoms with E-state index in [0.717, 1.165) is 35.9 Å². The molecule has 136 valence electrons. The quantitative estimate of drug-likeness (QED) is 0.719. The Bertz CT molecular complexity index is 1040. The summed E-state index contributed by atoms with van der Waals surface area (Å²) in [5, 5.41) is 6.76. The van der Waals surface area contributed by atoms with Crippen molar-refractivity contribution in [3.63, 3.8) is 0 Å². The van der Waals surface area contributed by atoms with Gasteiger partial charge in [-0.2, -0.15) is 0 Å². The third-order valence-electron chi connectivity index (χ3n) is 5.02. The van der Waals surface area contributed by atoms with Crippen molar-refractivity contribution in [3.8, 4) is 0 Å². The second kappa shape index (κ2) is 6.31. The maximum Gasteiger partial charge on any atom is 0.332 e. The Labute approximate surface area is 159 Å². The van der Waals surface area contributed by atoms with Crippen molar-refractivity contribution in [2.75, 3.05) is 10.2 Å². The predicted octanol–water partition coefficient (Wildman–Crippen LogP) is 4.05. The fraction of sp³-hybridized carbons (Fsp3) is 0.263. The maximum atomic E-state index is 12.8. The van der Waals surface area contributed by atoms with E-state index in [9.17, 15) is 9.59 Å². The summed E-state index contributed by atoms with van der Waals surface area (Å²) in [6.45, 7) is 0. The zero-order chi connectivity index (χ0) is 18.4. The molecule has 0 aromatic carbocycles. The number of anilines is 3. The fourth-order valence-electron chi connectivity index (χ4n) is 3.78. The molecule has 3 amide bonds. The summed E-state index contributed by atoms with van der Waals surface area (Å²) in [4.78, 5) is 37.1. The molecule has 0 unspecified atom stereocenters. The zero-order valence-corrected chi connectivity index (χ0v) is 15.3. The molecule has 0 atom stereocenters. The molecule has 4 heterocycles. The summed E-state index contributed by atoms with van der Waals surface area (Å²) in [5.41, 5.74) is 1.24. The number of rotatable bonds is 3. The van der Waals surface area contributed by atoms with Gasteiger partial charge in [0.2, 0.25) is 0 Å². The number of carbonyl (C=O) groups excluding carboxylic acids is 2. The van der Waals surface area contributed by atoms with Crippen LogP contribution in [-0.2, 0) is 0 Å². The topological polar surface area (TPSA) is 87.2 Å². The number of urea groups is 1. The van der Waals surface area contributed by atoms with Gasteiger partial charge in [0.25, 0.3) is 5.91 Å². The van der Waals surface area contributed by atoms with Crippen LogP contribution >= 0.6 is 11.3 Å². The highest BCUT2D eigenvalue weighted by Crippen LogP contribution is 2.45. The van der Waals surface area contributed by atoms with Crippen LogP contribution in [0.15, 0.2) is 36.7 Å². The first kappa shape index (κ1) is 16.2. The van der Waals surface area contributed by atoms with Crippen LogP contribution < -0.4 is 15.5 Å². The van der Waals surface area contributed by atoms with Gasteiger partial charge in [0.1, 0.15) is 15.5 Å². The zero-order valence-electron chi connectivity index (χ0n) is 14.4. The van der Waals surface area contributed by atoms with Crippen molar-refractivity contribution in [2.45, 2.75) is 31.7 Å². The minimum absolute atomic E-state index is 0.141. The van der Waals surface area contributed by atoms with E-state index in [4.69, 9.17) is 0 Å². The molecule has 2 N–H and O–H groups in total. The first-order valence-electron chi connectivity index (χ1n) is 8.97. The van der Waals surface area contributed by atoms with Gasteiger partial charge in [-0.3, -0.25) is 4.79 Å². The van der Waals surface area contributed by atoms with Crippen molar-refractivity contribution in [1.29, 1.82) is 0 Å². The Morgan fingerprint density at radius 1 is 1.19 bits per heavy atom. The van der Waals surface area contributed by atoms with E-state index >= 15 is 0 Å². The van der Waals surface area contributed by atoms with Crippen LogP contribution in [0.3, 0.4) is 0 Å². The number of amides is 3. The van der Waals surface area contributed by atoms with Crippen LogP contribution in [0.2, 0.25) is 0 Å². The molecule has 1 saturated carbocycles. The molecule has 3 aromatic rings. The number of carbonyl (C=O) groups is 2. The Hall–Kier alpha value is -3.00. The number of nitrogens with one attached hydrogen (secondary N) is 2. The van der Waals surface area contributed by atoms with Gasteiger partial charge in [-0.25, -0.2) is 19.7 Å². The monoisotopic (exact) mass is 379 g/mol. The lowest BCUT2D eigenvalue weighted by Gasteiger charge is -2.27. The first-order chi connectivity index (χ1) is 13.2. The standard InChI is InChI=1S/C19H17N5O2S/c25-17(22-11-5-1-2-6-11)16-15-14-12(8-10-21-18(14)27-16)24(19(26)23-15)13-7-3-4-9-20-13/h3-4,7-11H,1-2,5-6H2,(H,22,25)(H,23,26). The highest BCUT2D eigenvalue weighted by Gasteiger charge is 2.33. The molecule has 1 aliphatic carbocycles. The summed E-state index contributed by atoms with van der Waals surface area (Å²) >= 11 is 1.31. The summed E-state index contributed by atoms with van der Waals surface area (Å²) in [5.74, 6) is 0.383. The van der Waals surface area contributed by atoms with E-state index in [0.29, 0.717) is 22.1 Å². The van der Waals surface area contributed by atoms with Gasteiger partial charge in [-0.1, -0.05) is 18.9 Å². The van der Waals surface area contributed by atoms with E-state index in [-0.39, 0.29) is 18.0 Å². The lowest BCUT2D eigenvalue weighted by atomic mass is 10.1. The number of aromatic nitrogens is 2. The van der Waals surface area contributed by atoms with Gasteiger partial charge in [0.05, 0.1) is 16.8 Å². The molecule has 0 radical (unpaired) electrons. The van der Waals surface area contributed by atoms with Crippen molar-refractivity contribution in [2.24, 2.45) is 0 Å². The van der Waals surface area contributed by atoms with Crippen LogP contribution in [0.4, 0.5) is 22.0 Å². The normalized spacial score (nSPS) is 16.6. The molecule has 0 bridgehead atoms. The summed E-state index contributed by atoms with van der Waals surface area (Å²) in [7, 11) is 0. The van der Waals surface area contributed by atoms with Gasteiger partial charge in [0, 0.05) is 18.4 Å². The molecule has 1 fully saturated rings. The van der Waals surface area contributed by atoms with E-state index in [1.165, 1.54) is 16.2 Å². The molecular weight excluding hydrogens is 362 g/mol. The van der Waals surface area contributed by atoms with Crippen molar-refractivity contribution < 1.29 is 9.59 Å². The Morgan fingerprint density at radius 3 is 2.81 bits per heavy atom. The van der Waals surface area contributed by atoms with Crippen molar-refractivity contribution >= 4 is 50.7 Å². The molecule has 8 heteroatoms. The lowest BCUT2D eigenvalue weighted by molar-refractivity contribution is 0.0943. The summed E-state index contributed by atoms with van der Waals surface area (Å²) < 4.78 is 0. The van der Waals surface area contributed by atoms with Crippen molar-refractivity contribution in [3.05, 3.63) is 41.5 Å². The van der Waals surface area contributed by atoms with E-state index in [1.54, 1.807) is 30.6 Å². The van der Waals surface area contributed by atoms with E-state index < -0.39 is 0 Å². The second-order valence-corrected chi connectivity index (χ2v) is 7.72. The average molecular weight is 379 g/mol. The number of thiophene rings is 1. The van der Waals surface area contributed by atoms with Gasteiger partial charge < -0.3 is 10.6 Å². The second-order valence-electron chi connectivity index (χ2n) is 6.72. The van der Waals surface area contributed by atoms with Gasteiger partial charge >= 0.3 is 6.03 Å². The molecule has 7 nitrogen and oxygen atoms in total. The molecule has 5 rings (SSSR count). The summed E-state index contributed by atoms with van der Waals surface area (Å²) in [6.07, 6.45) is 7.61. The fourth-order valence-corrected chi connectivity index (χ4v) is 4.80. The molecule has 1 aliphatic heterocycles. The molecule has 0 spiro atoms. The van der Waals surface area contributed by atoms with Gasteiger partial charge in [-0.15, -0.1) is 11.3 Å². The van der Waals surface area contributed by atoms with Crippen LogP contribution in [0.1, 0.15) is 35.4 Å². The third kappa shape index (κ3) is 2.64. The van der Waals surface area contributed by atoms with Gasteiger partial charge in [0.15, 0.2) is 0 Å². The predicted molar refractivity (Wildman–Crippen MR) is 105 cm³/mol. The average Bonchev–Trinajstić information content (AvgIpc) is 3.31. The largest absolute Gasteiger partial charge is 0.349 e. The number of nitrogens with zero attached hydrogens (tertiary/aromatic N) is 3. The number of hydrogen-bond acceptors (Lipinski definition) is 5. The Balaban J connectivity index is 1.61. The van der Waals surface area contributed by atoms with Crippen molar-refractivity contribution in [1.82, 2.24) is 15.3 Å². The number of pyridine rings is 2. The Kier molecular flexibility index (Phi) is 3.78. The number of hydrogen-bond donors (Lipinski definition) is 2. The minimum Gasteiger partial charge on any atom is -0.349 e. The highest BCUT2D eigenvalue weighted by atomic mass is 32.1. The molecular formula is C19H17N5O2S.